The summed E-state index contributed by atoms with van der Waals surface area (Å²) in [5.74, 6) is 2.28. The first-order valence-corrected chi connectivity index (χ1v) is 7.66. The van der Waals surface area contributed by atoms with Gasteiger partial charge in [-0.2, -0.15) is 0 Å². The van der Waals surface area contributed by atoms with Gasteiger partial charge in [-0.15, -0.1) is 0 Å². The zero-order valence-electron chi connectivity index (χ0n) is 8.87. The van der Waals surface area contributed by atoms with Gasteiger partial charge >= 0.3 is 0 Å². The minimum absolute atomic E-state index is 0.502. The van der Waals surface area contributed by atoms with Crippen LogP contribution in [-0.2, 0) is 10.8 Å². The topological polar surface area (TPSA) is 33.2 Å². The molecule has 1 aliphatic rings. The number of anilines is 1. The molecule has 3 nitrogen and oxygen atoms in total. The summed E-state index contributed by atoms with van der Waals surface area (Å²) in [4.78, 5) is 6.46. The Morgan fingerprint density at radius 3 is 2.75 bits per heavy atom. The Balaban J connectivity index is 2.29. The molecule has 1 saturated heterocycles. The van der Waals surface area contributed by atoms with Crippen LogP contribution in [0.25, 0.3) is 0 Å². The van der Waals surface area contributed by atoms with Gasteiger partial charge in [0, 0.05) is 35.4 Å². The van der Waals surface area contributed by atoms with E-state index in [9.17, 15) is 4.21 Å². The Morgan fingerprint density at radius 2 is 2.12 bits per heavy atom. The second-order valence-electron chi connectivity index (χ2n) is 3.73. The van der Waals surface area contributed by atoms with E-state index in [1.807, 2.05) is 13.0 Å². The molecule has 0 aromatic carbocycles. The van der Waals surface area contributed by atoms with Crippen LogP contribution >= 0.6 is 27.5 Å². The summed E-state index contributed by atoms with van der Waals surface area (Å²) >= 11 is 9.48. The van der Waals surface area contributed by atoms with Gasteiger partial charge in [-0.1, -0.05) is 11.6 Å². The Bertz CT molecular complexity index is 431. The van der Waals surface area contributed by atoms with E-state index in [0.29, 0.717) is 16.7 Å². The van der Waals surface area contributed by atoms with Crippen LogP contribution < -0.4 is 4.90 Å². The number of aryl methyl sites for hydroxylation is 1. The Hall–Kier alpha value is -0.130. The van der Waals surface area contributed by atoms with Crippen molar-refractivity contribution in [2.24, 2.45) is 0 Å². The monoisotopic (exact) mass is 322 g/mol. The summed E-state index contributed by atoms with van der Waals surface area (Å²) in [5, 5.41) is 0.502. The Kier molecular flexibility index (Phi) is 3.87. The van der Waals surface area contributed by atoms with Crippen molar-refractivity contribution in [3.63, 3.8) is 0 Å². The lowest BCUT2D eigenvalue weighted by Gasteiger charge is -2.28. The Morgan fingerprint density at radius 1 is 1.50 bits per heavy atom. The fourth-order valence-electron chi connectivity index (χ4n) is 1.66. The van der Waals surface area contributed by atoms with Crippen molar-refractivity contribution < 1.29 is 4.21 Å². The second-order valence-corrected chi connectivity index (χ2v) is 6.61. The molecule has 16 heavy (non-hydrogen) atoms. The van der Waals surface area contributed by atoms with Crippen molar-refractivity contribution in [1.29, 1.82) is 0 Å². The van der Waals surface area contributed by atoms with Gasteiger partial charge in [-0.05, 0) is 34.5 Å². The zero-order valence-corrected chi connectivity index (χ0v) is 12.0. The largest absolute Gasteiger partial charge is 0.354 e. The third kappa shape index (κ3) is 2.57. The summed E-state index contributed by atoms with van der Waals surface area (Å²) in [6, 6.07) is 1.83. The molecule has 0 aliphatic carbocycles. The molecule has 2 rings (SSSR count). The third-order valence-electron chi connectivity index (χ3n) is 2.57. The standard InChI is InChI=1S/C10H12BrClN2OS/c1-7-6-8(12)13-10(9(7)11)14-2-4-16(15)5-3-14/h6H,2-5H2,1H3. The number of hydrogen-bond acceptors (Lipinski definition) is 3. The SMILES string of the molecule is Cc1cc(Cl)nc(N2CCS(=O)CC2)c1Br. The smallest absolute Gasteiger partial charge is 0.145 e. The lowest BCUT2D eigenvalue weighted by molar-refractivity contribution is 0.672. The molecular formula is C10H12BrClN2OS. The van der Waals surface area contributed by atoms with E-state index in [1.54, 1.807) is 0 Å². The molecule has 0 N–H and O–H groups in total. The molecule has 88 valence electrons. The molecule has 0 unspecified atom stereocenters. The maximum atomic E-state index is 11.3. The molecule has 0 atom stereocenters. The number of nitrogens with zero attached hydrogens (tertiary/aromatic N) is 2. The molecule has 0 spiro atoms. The highest BCUT2D eigenvalue weighted by atomic mass is 79.9. The van der Waals surface area contributed by atoms with Crippen molar-refractivity contribution in [3.8, 4) is 0 Å². The van der Waals surface area contributed by atoms with Crippen molar-refractivity contribution >= 4 is 44.1 Å². The average Bonchev–Trinajstić information content (AvgIpc) is 2.25. The van der Waals surface area contributed by atoms with E-state index >= 15 is 0 Å². The highest BCUT2D eigenvalue weighted by Gasteiger charge is 2.19. The van der Waals surface area contributed by atoms with E-state index in [1.165, 1.54) is 0 Å². The molecule has 1 aliphatic heterocycles. The van der Waals surface area contributed by atoms with Gasteiger partial charge in [-0.25, -0.2) is 4.98 Å². The lowest BCUT2D eigenvalue weighted by atomic mass is 10.3. The first kappa shape index (κ1) is 12.3. The number of halogens is 2. The molecule has 0 radical (unpaired) electrons. The van der Waals surface area contributed by atoms with Crippen molar-refractivity contribution in [3.05, 3.63) is 21.3 Å². The zero-order chi connectivity index (χ0) is 11.7. The highest BCUT2D eigenvalue weighted by Crippen LogP contribution is 2.30. The predicted octanol–water partition coefficient (Wildman–Crippen LogP) is 2.37. The van der Waals surface area contributed by atoms with E-state index in [0.717, 1.165) is 28.9 Å². The van der Waals surface area contributed by atoms with Crippen LogP contribution in [0, 0.1) is 6.92 Å². The van der Waals surface area contributed by atoms with Crippen LogP contribution in [0.5, 0.6) is 0 Å². The number of aromatic nitrogens is 1. The van der Waals surface area contributed by atoms with Gasteiger partial charge in [-0.3, -0.25) is 4.21 Å². The van der Waals surface area contributed by atoms with E-state index in [2.05, 4.69) is 25.8 Å². The fourth-order valence-corrected chi connectivity index (χ4v) is 3.41. The fraction of sp³-hybridized carbons (Fsp3) is 0.500. The van der Waals surface area contributed by atoms with Crippen LogP contribution in [0.1, 0.15) is 5.56 Å². The summed E-state index contributed by atoms with van der Waals surface area (Å²) < 4.78 is 12.3. The molecule has 0 bridgehead atoms. The molecular weight excluding hydrogens is 312 g/mol. The van der Waals surface area contributed by atoms with Crippen molar-refractivity contribution in [1.82, 2.24) is 4.98 Å². The van der Waals surface area contributed by atoms with Gasteiger partial charge < -0.3 is 4.90 Å². The predicted molar refractivity (Wildman–Crippen MR) is 71.8 cm³/mol. The second kappa shape index (κ2) is 5.02. The van der Waals surface area contributed by atoms with Crippen LogP contribution in [0.4, 0.5) is 5.82 Å². The number of pyridine rings is 1. The normalized spacial score (nSPS) is 17.8. The highest BCUT2D eigenvalue weighted by molar-refractivity contribution is 9.10. The third-order valence-corrected chi connectivity index (χ3v) is 5.02. The van der Waals surface area contributed by atoms with Crippen molar-refractivity contribution in [2.75, 3.05) is 29.5 Å². The van der Waals surface area contributed by atoms with E-state index in [4.69, 9.17) is 11.6 Å². The van der Waals surface area contributed by atoms with Crippen LogP contribution in [0.2, 0.25) is 5.15 Å². The quantitative estimate of drug-likeness (QED) is 0.744. The molecule has 1 fully saturated rings. The maximum absolute atomic E-state index is 11.3. The van der Waals surface area contributed by atoms with Gasteiger partial charge in [0.1, 0.15) is 11.0 Å². The summed E-state index contributed by atoms with van der Waals surface area (Å²) in [7, 11) is -0.670. The Labute approximate surface area is 111 Å². The summed E-state index contributed by atoms with van der Waals surface area (Å²) in [5.41, 5.74) is 1.07. The first-order chi connectivity index (χ1) is 7.58. The first-order valence-electron chi connectivity index (χ1n) is 5.00. The van der Waals surface area contributed by atoms with E-state index < -0.39 is 10.8 Å². The van der Waals surface area contributed by atoms with Gasteiger partial charge in [0.25, 0.3) is 0 Å². The summed E-state index contributed by atoms with van der Waals surface area (Å²) in [6.07, 6.45) is 0. The molecule has 0 saturated carbocycles. The maximum Gasteiger partial charge on any atom is 0.145 e. The van der Waals surface area contributed by atoms with Crippen LogP contribution in [0.3, 0.4) is 0 Å². The molecule has 6 heteroatoms. The minimum Gasteiger partial charge on any atom is -0.354 e. The minimum atomic E-state index is -0.670. The molecule has 0 amide bonds. The van der Waals surface area contributed by atoms with Gasteiger partial charge in [0.15, 0.2) is 0 Å². The van der Waals surface area contributed by atoms with Crippen LogP contribution in [-0.4, -0.2) is 33.8 Å². The lowest BCUT2D eigenvalue weighted by Crippen LogP contribution is -2.38. The summed E-state index contributed by atoms with van der Waals surface area (Å²) in [6.45, 7) is 3.54. The molecule has 1 aromatic heterocycles. The van der Waals surface area contributed by atoms with Crippen molar-refractivity contribution in [2.45, 2.75) is 6.92 Å². The number of rotatable bonds is 1. The molecule has 2 heterocycles. The average molecular weight is 324 g/mol. The van der Waals surface area contributed by atoms with Gasteiger partial charge in [0.2, 0.25) is 0 Å². The van der Waals surface area contributed by atoms with E-state index in [-0.39, 0.29) is 0 Å². The van der Waals surface area contributed by atoms with Crippen LogP contribution in [0.15, 0.2) is 10.5 Å². The molecule has 1 aromatic rings. The number of hydrogen-bond donors (Lipinski definition) is 0. The van der Waals surface area contributed by atoms with Gasteiger partial charge in [0.05, 0.1) is 4.47 Å².